The molecule has 0 bridgehead atoms. The Balaban J connectivity index is 2.22. The first-order valence-corrected chi connectivity index (χ1v) is 2.89. The molecule has 52 valence electrons. The highest BCUT2D eigenvalue weighted by atomic mass is 16.8. The van der Waals surface area contributed by atoms with Crippen LogP contribution in [0.25, 0.3) is 0 Å². The summed E-state index contributed by atoms with van der Waals surface area (Å²) >= 11 is 0. The van der Waals surface area contributed by atoms with Crippen molar-refractivity contribution in [3.63, 3.8) is 0 Å². The molecule has 1 fully saturated rings. The second kappa shape index (κ2) is 2.80. The lowest BCUT2D eigenvalue weighted by atomic mass is 10.4. The van der Waals surface area contributed by atoms with E-state index < -0.39 is 0 Å². The average Bonchev–Trinajstić information content (AvgIpc) is 2.17. The molecule has 4 nitrogen and oxygen atoms in total. The Morgan fingerprint density at radius 3 is 3.22 bits per heavy atom. The predicted octanol–water partition coefficient (Wildman–Crippen LogP) is -0.199. The number of ether oxygens (including phenoxy) is 1. The molecule has 1 unspecified atom stereocenters. The van der Waals surface area contributed by atoms with Crippen molar-refractivity contribution in [1.82, 2.24) is 5.48 Å². The number of hydroxylamine groups is 1. The molecule has 0 saturated carbocycles. The van der Waals surface area contributed by atoms with Crippen LogP contribution in [0.15, 0.2) is 0 Å². The maximum absolute atomic E-state index is 10.4. The fraction of sp³-hybridized carbons (Fsp3) is 0.800. The van der Waals surface area contributed by atoms with Crippen LogP contribution >= 0.6 is 0 Å². The number of nitrogens with one attached hydrogen (secondary N) is 1. The first kappa shape index (κ1) is 6.51. The standard InChI is InChI=1S/C5H9NO3/c1-2-8-5-3-4(7)6-9-5/h5H,2-3H2,1H3,(H,6,7). The monoisotopic (exact) mass is 131 g/mol. The highest BCUT2D eigenvalue weighted by Gasteiger charge is 2.22. The Morgan fingerprint density at radius 2 is 2.78 bits per heavy atom. The van der Waals surface area contributed by atoms with Gasteiger partial charge in [-0.2, -0.15) is 0 Å². The second-order valence-corrected chi connectivity index (χ2v) is 1.73. The lowest BCUT2D eigenvalue weighted by Gasteiger charge is -2.04. The molecule has 1 heterocycles. The van der Waals surface area contributed by atoms with Gasteiger partial charge in [0.1, 0.15) is 0 Å². The number of carbonyl (C=O) groups is 1. The third-order valence-corrected chi connectivity index (χ3v) is 1.01. The van der Waals surface area contributed by atoms with Crippen LogP contribution in [0, 0.1) is 0 Å². The Bertz CT molecular complexity index is 115. The zero-order valence-corrected chi connectivity index (χ0v) is 5.22. The van der Waals surface area contributed by atoms with E-state index in [1.807, 2.05) is 6.92 Å². The third-order valence-electron chi connectivity index (χ3n) is 1.01. The number of carbonyl (C=O) groups excluding carboxylic acids is 1. The van der Waals surface area contributed by atoms with Gasteiger partial charge in [0.25, 0.3) is 0 Å². The van der Waals surface area contributed by atoms with E-state index in [2.05, 4.69) is 10.3 Å². The summed E-state index contributed by atoms with van der Waals surface area (Å²) in [4.78, 5) is 15.1. The van der Waals surface area contributed by atoms with Gasteiger partial charge in [-0.25, -0.2) is 10.3 Å². The summed E-state index contributed by atoms with van der Waals surface area (Å²) < 4.78 is 4.97. The van der Waals surface area contributed by atoms with Crippen LogP contribution in [0.1, 0.15) is 13.3 Å². The van der Waals surface area contributed by atoms with Crippen molar-refractivity contribution in [2.24, 2.45) is 0 Å². The minimum absolute atomic E-state index is 0.117. The van der Waals surface area contributed by atoms with E-state index in [1.165, 1.54) is 0 Å². The molecule has 0 spiro atoms. The van der Waals surface area contributed by atoms with Crippen LogP contribution in [-0.2, 0) is 14.4 Å². The third kappa shape index (κ3) is 1.65. The van der Waals surface area contributed by atoms with Gasteiger partial charge >= 0.3 is 0 Å². The van der Waals surface area contributed by atoms with Gasteiger partial charge in [0, 0.05) is 6.61 Å². The summed E-state index contributed by atoms with van der Waals surface area (Å²) in [7, 11) is 0. The topological polar surface area (TPSA) is 47.6 Å². The molecule has 0 radical (unpaired) electrons. The smallest absolute Gasteiger partial charge is 0.248 e. The quantitative estimate of drug-likeness (QED) is 0.564. The van der Waals surface area contributed by atoms with E-state index in [0.29, 0.717) is 13.0 Å². The molecular weight excluding hydrogens is 122 g/mol. The van der Waals surface area contributed by atoms with Crippen LogP contribution in [0.2, 0.25) is 0 Å². The zero-order chi connectivity index (χ0) is 6.69. The summed E-state index contributed by atoms with van der Waals surface area (Å²) in [5.74, 6) is -0.117. The molecule has 0 aromatic carbocycles. The van der Waals surface area contributed by atoms with E-state index in [1.54, 1.807) is 0 Å². The molecule has 1 aliphatic heterocycles. The summed E-state index contributed by atoms with van der Waals surface area (Å²) in [5, 5.41) is 0. The molecule has 9 heavy (non-hydrogen) atoms. The molecule has 4 heteroatoms. The maximum Gasteiger partial charge on any atom is 0.248 e. The van der Waals surface area contributed by atoms with Crippen molar-refractivity contribution in [2.45, 2.75) is 19.6 Å². The van der Waals surface area contributed by atoms with Gasteiger partial charge < -0.3 is 4.74 Å². The molecule has 1 amide bonds. The van der Waals surface area contributed by atoms with E-state index >= 15 is 0 Å². The normalized spacial score (nSPS) is 26.3. The Labute approximate surface area is 53.1 Å². The molecule has 1 N–H and O–H groups in total. The van der Waals surface area contributed by atoms with Crippen molar-refractivity contribution in [3.05, 3.63) is 0 Å². The first-order chi connectivity index (χ1) is 4.33. The number of hydrogen-bond acceptors (Lipinski definition) is 3. The van der Waals surface area contributed by atoms with Gasteiger partial charge in [-0.3, -0.25) is 4.79 Å². The molecule has 0 aromatic rings. The Hall–Kier alpha value is -0.610. The van der Waals surface area contributed by atoms with E-state index in [0.717, 1.165) is 0 Å². The average molecular weight is 131 g/mol. The molecule has 1 atom stereocenters. The predicted molar refractivity (Wildman–Crippen MR) is 29.3 cm³/mol. The van der Waals surface area contributed by atoms with Crippen molar-refractivity contribution in [1.29, 1.82) is 0 Å². The van der Waals surface area contributed by atoms with Gasteiger partial charge in [-0.15, -0.1) is 0 Å². The van der Waals surface area contributed by atoms with Crippen molar-refractivity contribution in [2.75, 3.05) is 6.61 Å². The minimum Gasteiger partial charge on any atom is -0.350 e. The lowest BCUT2D eigenvalue weighted by molar-refractivity contribution is -0.144. The van der Waals surface area contributed by atoms with Gasteiger partial charge in [0.2, 0.25) is 5.91 Å². The fourth-order valence-corrected chi connectivity index (χ4v) is 0.645. The molecular formula is C5H9NO3. The van der Waals surface area contributed by atoms with Gasteiger partial charge in [0.15, 0.2) is 6.29 Å². The molecule has 1 saturated heterocycles. The zero-order valence-electron chi connectivity index (χ0n) is 5.22. The van der Waals surface area contributed by atoms with E-state index in [9.17, 15) is 4.79 Å². The summed E-state index contributed by atoms with van der Waals surface area (Å²) in [6.07, 6.45) is -0.0594. The van der Waals surface area contributed by atoms with Crippen molar-refractivity contribution < 1.29 is 14.4 Å². The summed E-state index contributed by atoms with van der Waals surface area (Å²) in [6.45, 7) is 2.42. The van der Waals surface area contributed by atoms with Crippen LogP contribution in [-0.4, -0.2) is 18.8 Å². The molecule has 1 aliphatic rings. The highest BCUT2D eigenvalue weighted by molar-refractivity contribution is 5.76. The van der Waals surface area contributed by atoms with Gasteiger partial charge in [0.05, 0.1) is 6.42 Å². The molecule has 0 aliphatic carbocycles. The van der Waals surface area contributed by atoms with E-state index in [4.69, 9.17) is 4.74 Å². The molecule has 1 rings (SSSR count). The Morgan fingerprint density at radius 1 is 2.00 bits per heavy atom. The van der Waals surface area contributed by atoms with Crippen LogP contribution in [0.3, 0.4) is 0 Å². The SMILES string of the molecule is CCOC1CC(=O)NO1. The maximum atomic E-state index is 10.4. The van der Waals surface area contributed by atoms with Crippen LogP contribution in [0.4, 0.5) is 0 Å². The fourth-order valence-electron chi connectivity index (χ4n) is 0.645. The lowest BCUT2D eigenvalue weighted by Crippen LogP contribution is -2.14. The second-order valence-electron chi connectivity index (χ2n) is 1.73. The molecule has 0 aromatic heterocycles. The minimum atomic E-state index is -0.373. The van der Waals surface area contributed by atoms with Gasteiger partial charge in [-0.1, -0.05) is 0 Å². The summed E-state index contributed by atoms with van der Waals surface area (Å²) in [5.41, 5.74) is 2.19. The highest BCUT2D eigenvalue weighted by Crippen LogP contribution is 2.04. The van der Waals surface area contributed by atoms with E-state index in [-0.39, 0.29) is 12.2 Å². The van der Waals surface area contributed by atoms with Crippen molar-refractivity contribution in [3.8, 4) is 0 Å². The number of hydrogen-bond donors (Lipinski definition) is 1. The summed E-state index contributed by atoms with van der Waals surface area (Å²) in [6, 6.07) is 0. The largest absolute Gasteiger partial charge is 0.350 e. The van der Waals surface area contributed by atoms with Crippen molar-refractivity contribution >= 4 is 5.91 Å². The Kier molecular flexibility index (Phi) is 2.02. The van der Waals surface area contributed by atoms with Gasteiger partial charge in [-0.05, 0) is 6.92 Å². The first-order valence-electron chi connectivity index (χ1n) is 2.89. The number of rotatable bonds is 2. The van der Waals surface area contributed by atoms with Crippen LogP contribution in [0.5, 0.6) is 0 Å². The number of amides is 1. The van der Waals surface area contributed by atoms with Crippen LogP contribution < -0.4 is 5.48 Å².